The van der Waals surface area contributed by atoms with E-state index in [2.05, 4.69) is 20.8 Å². The predicted octanol–water partition coefficient (Wildman–Crippen LogP) is 7.12. The molecule has 2 aromatic rings. The van der Waals surface area contributed by atoms with Crippen LogP contribution in [0.4, 0.5) is 0 Å². The second-order valence-corrected chi connectivity index (χ2v) is 7.53. The Bertz CT molecular complexity index is 826. The van der Waals surface area contributed by atoms with Gasteiger partial charge in [0.2, 0.25) is 0 Å². The summed E-state index contributed by atoms with van der Waals surface area (Å²) in [5, 5.41) is 0. The lowest BCUT2D eigenvalue weighted by atomic mass is 10.1. The number of carbonyl (C=O) groups is 1. The Balaban J connectivity index is 2.14. The molecule has 31 heavy (non-hydrogen) atoms. The third-order valence-electron chi connectivity index (χ3n) is 4.80. The van der Waals surface area contributed by atoms with Crippen LogP contribution in [0.25, 0.3) is 6.08 Å². The highest BCUT2D eigenvalue weighted by molar-refractivity contribution is 6.07. The smallest absolute Gasteiger partial charge is 0.185 e. The van der Waals surface area contributed by atoms with E-state index in [1.165, 1.54) is 0 Å². The molecule has 0 saturated heterocycles. The molecule has 0 aliphatic heterocycles. The van der Waals surface area contributed by atoms with Gasteiger partial charge in [0.1, 0.15) is 17.2 Å². The Labute approximate surface area is 187 Å². The number of ketones is 1. The van der Waals surface area contributed by atoms with Crippen LogP contribution in [-0.4, -0.2) is 25.6 Å². The van der Waals surface area contributed by atoms with Crippen molar-refractivity contribution < 1.29 is 19.0 Å². The maximum atomic E-state index is 12.8. The standard InChI is InChI=1S/C27H36O4/c1-4-7-17-29-24-12-10-11-22(20-24)26(28)15-13-23-21-25(30-18-8-5-2)14-16-27(23)31-19-9-6-3/h10-16,20-21H,4-9,17-19H2,1-3H3/b15-13+. The molecular formula is C27H36O4. The fourth-order valence-corrected chi connectivity index (χ4v) is 2.87. The van der Waals surface area contributed by atoms with Crippen molar-refractivity contribution in [1.82, 2.24) is 0 Å². The van der Waals surface area contributed by atoms with E-state index in [0.29, 0.717) is 25.4 Å². The third-order valence-corrected chi connectivity index (χ3v) is 4.80. The molecule has 0 heterocycles. The van der Waals surface area contributed by atoms with Gasteiger partial charge in [-0.15, -0.1) is 0 Å². The van der Waals surface area contributed by atoms with Crippen molar-refractivity contribution in [2.24, 2.45) is 0 Å². The first-order valence-electron chi connectivity index (χ1n) is 11.5. The lowest BCUT2D eigenvalue weighted by molar-refractivity contribution is 0.104. The van der Waals surface area contributed by atoms with Crippen molar-refractivity contribution in [3.8, 4) is 17.2 Å². The molecule has 0 amide bonds. The van der Waals surface area contributed by atoms with Crippen LogP contribution in [0.15, 0.2) is 48.5 Å². The van der Waals surface area contributed by atoms with Gasteiger partial charge in [-0.1, -0.05) is 52.2 Å². The van der Waals surface area contributed by atoms with E-state index in [1.807, 2.05) is 36.4 Å². The molecule has 2 rings (SSSR count). The minimum Gasteiger partial charge on any atom is -0.494 e. The van der Waals surface area contributed by atoms with Gasteiger partial charge >= 0.3 is 0 Å². The summed E-state index contributed by atoms with van der Waals surface area (Å²) >= 11 is 0. The highest BCUT2D eigenvalue weighted by atomic mass is 16.5. The van der Waals surface area contributed by atoms with Crippen molar-refractivity contribution in [3.63, 3.8) is 0 Å². The van der Waals surface area contributed by atoms with Crippen LogP contribution < -0.4 is 14.2 Å². The first kappa shape index (κ1) is 24.5. The Hall–Kier alpha value is -2.75. The number of hydrogen-bond acceptors (Lipinski definition) is 4. The summed E-state index contributed by atoms with van der Waals surface area (Å²) in [5.74, 6) is 2.20. The molecule has 0 spiro atoms. The highest BCUT2D eigenvalue weighted by Crippen LogP contribution is 2.26. The van der Waals surface area contributed by atoms with E-state index in [0.717, 1.165) is 61.3 Å². The van der Waals surface area contributed by atoms with Gasteiger partial charge in [-0.3, -0.25) is 4.79 Å². The molecule has 0 radical (unpaired) electrons. The zero-order chi connectivity index (χ0) is 22.3. The molecule has 0 saturated carbocycles. The molecule has 0 unspecified atom stereocenters. The molecule has 0 aliphatic carbocycles. The van der Waals surface area contributed by atoms with Gasteiger partial charge in [-0.2, -0.15) is 0 Å². The van der Waals surface area contributed by atoms with Crippen LogP contribution >= 0.6 is 0 Å². The quantitative estimate of drug-likeness (QED) is 0.173. The number of hydrogen-bond donors (Lipinski definition) is 0. The van der Waals surface area contributed by atoms with Crippen molar-refractivity contribution in [2.75, 3.05) is 19.8 Å². The van der Waals surface area contributed by atoms with E-state index in [4.69, 9.17) is 14.2 Å². The Morgan fingerprint density at radius 2 is 1.39 bits per heavy atom. The number of allylic oxidation sites excluding steroid dienone is 1. The van der Waals surface area contributed by atoms with Gasteiger partial charge in [-0.25, -0.2) is 0 Å². The molecule has 4 heteroatoms. The Morgan fingerprint density at radius 3 is 2.03 bits per heavy atom. The maximum absolute atomic E-state index is 12.8. The average Bonchev–Trinajstić information content (AvgIpc) is 2.79. The fraction of sp³-hybridized carbons (Fsp3) is 0.444. The van der Waals surface area contributed by atoms with Crippen molar-refractivity contribution in [3.05, 3.63) is 59.7 Å². The summed E-state index contributed by atoms with van der Waals surface area (Å²) in [5.41, 5.74) is 1.45. The van der Waals surface area contributed by atoms with E-state index in [9.17, 15) is 4.79 Å². The minimum atomic E-state index is -0.0715. The molecular weight excluding hydrogens is 388 g/mol. The molecule has 2 aromatic carbocycles. The van der Waals surface area contributed by atoms with Crippen LogP contribution in [0.1, 0.15) is 75.2 Å². The molecule has 0 bridgehead atoms. The van der Waals surface area contributed by atoms with Gasteiger partial charge in [0.15, 0.2) is 5.78 Å². The van der Waals surface area contributed by atoms with E-state index in [-0.39, 0.29) is 5.78 Å². The van der Waals surface area contributed by atoms with Gasteiger partial charge in [-0.05, 0) is 61.7 Å². The number of benzene rings is 2. The summed E-state index contributed by atoms with van der Waals surface area (Å²) in [6.45, 7) is 8.38. The van der Waals surface area contributed by atoms with Crippen LogP contribution in [0.5, 0.6) is 17.2 Å². The lowest BCUT2D eigenvalue weighted by Crippen LogP contribution is -2.01. The van der Waals surface area contributed by atoms with E-state index < -0.39 is 0 Å². The SMILES string of the molecule is CCCCOc1cccc(C(=O)/C=C/c2cc(OCCCC)ccc2OCCCC)c1. The molecule has 0 N–H and O–H groups in total. The molecule has 0 atom stereocenters. The van der Waals surface area contributed by atoms with Crippen LogP contribution in [0.3, 0.4) is 0 Å². The number of unbranched alkanes of at least 4 members (excludes halogenated alkanes) is 3. The predicted molar refractivity (Wildman–Crippen MR) is 127 cm³/mol. The van der Waals surface area contributed by atoms with Crippen LogP contribution in [0, 0.1) is 0 Å². The zero-order valence-electron chi connectivity index (χ0n) is 19.2. The second kappa shape index (κ2) is 14.3. The second-order valence-electron chi connectivity index (χ2n) is 7.53. The highest BCUT2D eigenvalue weighted by Gasteiger charge is 2.07. The summed E-state index contributed by atoms with van der Waals surface area (Å²) in [6, 6.07) is 13.1. The average molecular weight is 425 g/mol. The fourth-order valence-electron chi connectivity index (χ4n) is 2.87. The van der Waals surface area contributed by atoms with Crippen molar-refractivity contribution in [2.45, 2.75) is 59.3 Å². The largest absolute Gasteiger partial charge is 0.494 e. The number of rotatable bonds is 15. The van der Waals surface area contributed by atoms with E-state index in [1.54, 1.807) is 18.2 Å². The Kier molecular flexibility index (Phi) is 11.3. The first-order chi connectivity index (χ1) is 15.2. The van der Waals surface area contributed by atoms with Gasteiger partial charge < -0.3 is 14.2 Å². The molecule has 168 valence electrons. The third kappa shape index (κ3) is 8.87. The summed E-state index contributed by atoms with van der Waals surface area (Å²) < 4.78 is 17.5. The normalized spacial score (nSPS) is 10.9. The topological polar surface area (TPSA) is 44.8 Å². The van der Waals surface area contributed by atoms with Gasteiger partial charge in [0.05, 0.1) is 19.8 Å². The van der Waals surface area contributed by atoms with Crippen LogP contribution in [0.2, 0.25) is 0 Å². The summed E-state index contributed by atoms with van der Waals surface area (Å²) in [7, 11) is 0. The number of ether oxygens (including phenoxy) is 3. The summed E-state index contributed by atoms with van der Waals surface area (Å²) in [4.78, 5) is 12.8. The van der Waals surface area contributed by atoms with Gasteiger partial charge in [0.25, 0.3) is 0 Å². The molecule has 0 aliphatic rings. The zero-order valence-corrected chi connectivity index (χ0v) is 19.2. The number of carbonyl (C=O) groups excluding carboxylic acids is 1. The molecule has 0 fully saturated rings. The minimum absolute atomic E-state index is 0.0715. The monoisotopic (exact) mass is 424 g/mol. The van der Waals surface area contributed by atoms with Crippen LogP contribution in [-0.2, 0) is 0 Å². The molecule has 4 nitrogen and oxygen atoms in total. The molecule has 0 aromatic heterocycles. The Morgan fingerprint density at radius 1 is 0.774 bits per heavy atom. The maximum Gasteiger partial charge on any atom is 0.185 e. The summed E-state index contributed by atoms with van der Waals surface area (Å²) in [6.07, 6.45) is 9.61. The lowest BCUT2D eigenvalue weighted by Gasteiger charge is -2.12. The first-order valence-corrected chi connectivity index (χ1v) is 11.5. The van der Waals surface area contributed by atoms with Gasteiger partial charge in [0, 0.05) is 11.1 Å². The van der Waals surface area contributed by atoms with Crippen molar-refractivity contribution >= 4 is 11.9 Å². The van der Waals surface area contributed by atoms with Crippen molar-refractivity contribution in [1.29, 1.82) is 0 Å². The van der Waals surface area contributed by atoms with E-state index >= 15 is 0 Å².